The van der Waals surface area contributed by atoms with E-state index in [1.807, 2.05) is 20.8 Å². The molecule has 1 saturated carbocycles. The molecule has 0 saturated heterocycles. The molecule has 0 aliphatic heterocycles. The van der Waals surface area contributed by atoms with Gasteiger partial charge in [0.25, 0.3) is 0 Å². The summed E-state index contributed by atoms with van der Waals surface area (Å²) in [4.78, 5) is 12.6. The van der Waals surface area contributed by atoms with E-state index in [-0.39, 0.29) is 22.8 Å². The van der Waals surface area contributed by atoms with Crippen molar-refractivity contribution in [1.82, 2.24) is 10.0 Å². The second-order valence-electron chi connectivity index (χ2n) is 6.65. The van der Waals surface area contributed by atoms with Crippen LogP contribution in [0.2, 0.25) is 0 Å². The quantitative estimate of drug-likeness (QED) is 0.836. The maximum Gasteiger partial charge on any atom is 0.241 e. The van der Waals surface area contributed by atoms with E-state index in [9.17, 15) is 13.2 Å². The maximum atomic E-state index is 12.5. The molecule has 6 heteroatoms. The number of rotatable bonds is 6. The van der Waals surface area contributed by atoms with Gasteiger partial charge in [-0.15, -0.1) is 0 Å². The summed E-state index contributed by atoms with van der Waals surface area (Å²) in [7, 11) is -3.71. The Hall–Kier alpha value is -1.40. The average Bonchev–Trinajstić information content (AvgIpc) is 2.98. The molecule has 1 aromatic carbocycles. The van der Waals surface area contributed by atoms with Crippen LogP contribution in [0.15, 0.2) is 29.2 Å². The van der Waals surface area contributed by atoms with E-state index in [2.05, 4.69) is 10.0 Å². The van der Waals surface area contributed by atoms with Gasteiger partial charge < -0.3 is 5.32 Å². The molecule has 1 amide bonds. The lowest BCUT2D eigenvalue weighted by Gasteiger charge is -2.23. The van der Waals surface area contributed by atoms with Gasteiger partial charge in [0, 0.05) is 6.04 Å². The van der Waals surface area contributed by atoms with Gasteiger partial charge >= 0.3 is 0 Å². The van der Waals surface area contributed by atoms with Crippen molar-refractivity contribution in [2.45, 2.75) is 63.4 Å². The molecule has 1 fully saturated rings. The van der Waals surface area contributed by atoms with Crippen LogP contribution in [0.25, 0.3) is 0 Å². The number of nitrogens with one attached hydrogen (secondary N) is 2. The van der Waals surface area contributed by atoms with Crippen molar-refractivity contribution < 1.29 is 13.2 Å². The van der Waals surface area contributed by atoms with Gasteiger partial charge in [-0.25, -0.2) is 8.42 Å². The van der Waals surface area contributed by atoms with Crippen LogP contribution < -0.4 is 10.0 Å². The second-order valence-corrected chi connectivity index (χ2v) is 8.36. The fraction of sp³-hybridized carbons (Fsp3) is 0.588. The van der Waals surface area contributed by atoms with Gasteiger partial charge in [0.15, 0.2) is 0 Å². The van der Waals surface area contributed by atoms with E-state index in [0.29, 0.717) is 0 Å². The maximum absolute atomic E-state index is 12.5. The van der Waals surface area contributed by atoms with Crippen molar-refractivity contribution in [3.05, 3.63) is 29.8 Å². The highest BCUT2D eigenvalue weighted by Gasteiger charge is 2.30. The second kappa shape index (κ2) is 7.45. The predicted molar refractivity (Wildman–Crippen MR) is 90.5 cm³/mol. The molecule has 1 aliphatic carbocycles. The Balaban J connectivity index is 2.11. The van der Waals surface area contributed by atoms with Crippen LogP contribution in [0.3, 0.4) is 0 Å². The molecule has 128 valence electrons. The average molecular weight is 338 g/mol. The van der Waals surface area contributed by atoms with Gasteiger partial charge in [-0.1, -0.05) is 44.4 Å². The van der Waals surface area contributed by atoms with E-state index >= 15 is 0 Å². The third-order valence-electron chi connectivity index (χ3n) is 4.26. The van der Waals surface area contributed by atoms with Crippen LogP contribution in [0.5, 0.6) is 0 Å². The Bertz CT molecular complexity index is 632. The summed E-state index contributed by atoms with van der Waals surface area (Å²) in [6.45, 7) is 5.59. The smallest absolute Gasteiger partial charge is 0.241 e. The summed E-state index contributed by atoms with van der Waals surface area (Å²) >= 11 is 0. The third kappa shape index (κ3) is 4.78. The number of benzene rings is 1. The predicted octanol–water partition coefficient (Wildman–Crippen LogP) is 2.36. The topological polar surface area (TPSA) is 75.3 Å². The first-order valence-corrected chi connectivity index (χ1v) is 9.67. The van der Waals surface area contributed by atoms with Crippen molar-refractivity contribution >= 4 is 15.9 Å². The number of amides is 1. The van der Waals surface area contributed by atoms with Gasteiger partial charge in [-0.2, -0.15) is 4.72 Å². The molecule has 0 bridgehead atoms. The van der Waals surface area contributed by atoms with Gasteiger partial charge in [0.1, 0.15) is 6.04 Å². The van der Waals surface area contributed by atoms with E-state index in [0.717, 1.165) is 31.2 Å². The molecule has 1 aromatic rings. The Morgan fingerprint density at radius 2 is 1.70 bits per heavy atom. The minimum absolute atomic E-state index is 0.128. The zero-order valence-corrected chi connectivity index (χ0v) is 14.8. The first-order valence-electron chi connectivity index (χ1n) is 8.19. The molecule has 5 nitrogen and oxygen atoms in total. The highest BCUT2D eigenvalue weighted by molar-refractivity contribution is 7.89. The minimum atomic E-state index is -3.71. The molecule has 2 N–H and O–H groups in total. The molecular weight excluding hydrogens is 312 g/mol. The lowest BCUT2D eigenvalue weighted by atomic mass is 10.0. The first kappa shape index (κ1) is 17.9. The monoisotopic (exact) mass is 338 g/mol. The number of aryl methyl sites for hydroxylation is 1. The molecule has 23 heavy (non-hydrogen) atoms. The molecule has 2 rings (SSSR count). The standard InChI is InChI=1S/C17H26N2O3S/c1-12(2)16(17(20)18-14-6-4-5-7-14)19-23(21,22)15-10-8-13(3)9-11-15/h8-12,14,16,19H,4-7H2,1-3H3,(H,18,20)/t16-/m1/s1. The van der Waals surface area contributed by atoms with Gasteiger partial charge in [0.05, 0.1) is 4.90 Å². The van der Waals surface area contributed by atoms with Crippen molar-refractivity contribution in [2.75, 3.05) is 0 Å². The van der Waals surface area contributed by atoms with Crippen LogP contribution in [0.4, 0.5) is 0 Å². The van der Waals surface area contributed by atoms with Crippen molar-refractivity contribution in [1.29, 1.82) is 0 Å². The number of hydrogen-bond donors (Lipinski definition) is 2. The molecule has 1 atom stereocenters. The summed E-state index contributed by atoms with van der Waals surface area (Å²) in [6, 6.07) is 6.03. The lowest BCUT2D eigenvalue weighted by molar-refractivity contribution is -0.124. The lowest BCUT2D eigenvalue weighted by Crippen LogP contribution is -2.51. The molecule has 0 radical (unpaired) electrons. The summed E-state index contributed by atoms with van der Waals surface area (Å²) in [5.74, 6) is -0.362. The van der Waals surface area contributed by atoms with Crippen molar-refractivity contribution in [3.8, 4) is 0 Å². The Morgan fingerprint density at radius 3 is 2.22 bits per heavy atom. The Morgan fingerprint density at radius 1 is 1.13 bits per heavy atom. The zero-order chi connectivity index (χ0) is 17.0. The normalized spacial score (nSPS) is 17.4. The Kier molecular flexibility index (Phi) is 5.81. The number of sulfonamides is 1. The van der Waals surface area contributed by atoms with Crippen molar-refractivity contribution in [2.24, 2.45) is 5.92 Å². The first-order chi connectivity index (χ1) is 10.8. The molecule has 0 unspecified atom stereocenters. The van der Waals surface area contributed by atoms with Crippen LogP contribution in [0.1, 0.15) is 45.1 Å². The minimum Gasteiger partial charge on any atom is -0.352 e. The zero-order valence-electron chi connectivity index (χ0n) is 14.0. The van der Waals surface area contributed by atoms with E-state index in [1.54, 1.807) is 24.3 Å². The molecule has 1 aliphatic rings. The van der Waals surface area contributed by atoms with Crippen LogP contribution in [0, 0.1) is 12.8 Å². The summed E-state index contributed by atoms with van der Waals surface area (Å²) in [6.07, 6.45) is 4.18. The van der Waals surface area contributed by atoms with E-state index < -0.39 is 16.1 Å². The largest absolute Gasteiger partial charge is 0.352 e. The molecule has 0 aromatic heterocycles. The molecular formula is C17H26N2O3S. The van der Waals surface area contributed by atoms with Gasteiger partial charge in [-0.05, 0) is 37.8 Å². The van der Waals surface area contributed by atoms with Crippen LogP contribution in [-0.2, 0) is 14.8 Å². The van der Waals surface area contributed by atoms with Gasteiger partial charge in [-0.3, -0.25) is 4.79 Å². The summed E-state index contributed by atoms with van der Waals surface area (Å²) in [5, 5.41) is 2.98. The highest BCUT2D eigenvalue weighted by atomic mass is 32.2. The molecule has 0 spiro atoms. The third-order valence-corrected chi connectivity index (χ3v) is 5.72. The van der Waals surface area contributed by atoms with E-state index in [4.69, 9.17) is 0 Å². The summed E-state index contributed by atoms with van der Waals surface area (Å²) in [5.41, 5.74) is 0.989. The summed E-state index contributed by atoms with van der Waals surface area (Å²) < 4.78 is 27.6. The fourth-order valence-electron chi connectivity index (χ4n) is 2.81. The van der Waals surface area contributed by atoms with E-state index in [1.165, 1.54) is 0 Å². The van der Waals surface area contributed by atoms with Crippen molar-refractivity contribution in [3.63, 3.8) is 0 Å². The molecule has 0 heterocycles. The SMILES string of the molecule is Cc1ccc(S(=O)(=O)N[C@@H](C(=O)NC2CCCC2)C(C)C)cc1. The highest BCUT2D eigenvalue weighted by Crippen LogP contribution is 2.19. The number of hydrogen-bond acceptors (Lipinski definition) is 3. The van der Waals surface area contributed by atoms with Gasteiger partial charge in [0.2, 0.25) is 15.9 Å². The fourth-order valence-corrected chi connectivity index (χ4v) is 4.15. The Labute approximate surface area is 138 Å². The van der Waals surface area contributed by atoms with Crippen LogP contribution >= 0.6 is 0 Å². The number of carbonyl (C=O) groups excluding carboxylic acids is 1. The number of carbonyl (C=O) groups is 1. The van der Waals surface area contributed by atoms with Crippen LogP contribution in [-0.4, -0.2) is 26.4 Å².